The number of aliphatic imine (C=N–C) groups is 1. The number of ketones is 1. The first-order valence-corrected chi connectivity index (χ1v) is 12.5. The van der Waals surface area contributed by atoms with E-state index in [0.717, 1.165) is 46.2 Å². The Morgan fingerprint density at radius 3 is 2.34 bits per heavy atom. The quantitative estimate of drug-likeness (QED) is 0.396. The lowest BCUT2D eigenvalue weighted by Crippen LogP contribution is -2.42. The molecule has 0 N–H and O–H groups in total. The van der Waals surface area contributed by atoms with E-state index in [2.05, 4.69) is 46.8 Å². The summed E-state index contributed by atoms with van der Waals surface area (Å²) in [5.41, 5.74) is 4.37. The molecule has 2 aliphatic rings. The van der Waals surface area contributed by atoms with Gasteiger partial charge in [-0.05, 0) is 41.7 Å². The minimum absolute atomic E-state index is 0.128. The first-order valence-electron chi connectivity index (χ1n) is 12.1. The molecule has 1 aromatic heterocycles. The number of benzene rings is 2. The Bertz CT molecular complexity index is 1330. The van der Waals surface area contributed by atoms with Crippen LogP contribution in [0.4, 0.5) is 5.82 Å². The average Bonchev–Trinajstić information content (AvgIpc) is 3.17. The number of Topliss-reactive ketones (excluding diaryl/α,β-unsaturated/α-hetero) is 1. The van der Waals surface area contributed by atoms with E-state index in [9.17, 15) is 4.79 Å². The van der Waals surface area contributed by atoms with E-state index >= 15 is 0 Å². The Balaban J connectivity index is 1.83. The van der Waals surface area contributed by atoms with Crippen molar-refractivity contribution in [3.63, 3.8) is 0 Å². The Labute approximate surface area is 212 Å². The van der Waals surface area contributed by atoms with Crippen molar-refractivity contribution in [1.82, 2.24) is 9.78 Å². The minimum atomic E-state index is -0.297. The molecule has 2 atom stereocenters. The van der Waals surface area contributed by atoms with Crippen molar-refractivity contribution >= 4 is 28.9 Å². The third-order valence-electron chi connectivity index (χ3n) is 7.07. The number of methoxy groups -OCH3 is 1. The van der Waals surface area contributed by atoms with E-state index in [1.165, 1.54) is 0 Å². The van der Waals surface area contributed by atoms with Gasteiger partial charge in [-0.25, -0.2) is 9.67 Å². The number of halogens is 1. The van der Waals surface area contributed by atoms with Crippen LogP contribution in [0.2, 0.25) is 5.02 Å². The van der Waals surface area contributed by atoms with Crippen LogP contribution in [0.25, 0.3) is 5.69 Å². The summed E-state index contributed by atoms with van der Waals surface area (Å²) in [6.45, 7) is 10.8. The van der Waals surface area contributed by atoms with Crippen LogP contribution >= 0.6 is 11.6 Å². The number of carbonyl (C=O) groups excluding carboxylic acids is 1. The number of nitrogens with zero attached hydrogens (tertiary/aromatic N) is 3. The molecule has 182 valence electrons. The smallest absolute Gasteiger partial charge is 0.159 e. The predicted molar refractivity (Wildman–Crippen MR) is 141 cm³/mol. The van der Waals surface area contributed by atoms with Gasteiger partial charge in [-0.15, -0.1) is 0 Å². The fourth-order valence-electron chi connectivity index (χ4n) is 5.55. The van der Waals surface area contributed by atoms with Gasteiger partial charge in [0.05, 0.1) is 29.4 Å². The molecule has 2 aromatic carbocycles. The van der Waals surface area contributed by atoms with Crippen LogP contribution in [-0.4, -0.2) is 28.4 Å². The highest BCUT2D eigenvalue weighted by molar-refractivity contribution is 6.32. The van der Waals surface area contributed by atoms with Gasteiger partial charge in [0.1, 0.15) is 11.5 Å². The first-order chi connectivity index (χ1) is 16.5. The largest absolute Gasteiger partial charge is 0.497 e. The topological polar surface area (TPSA) is 56.5 Å². The van der Waals surface area contributed by atoms with Crippen LogP contribution in [0.5, 0.6) is 5.75 Å². The molecule has 1 saturated carbocycles. The van der Waals surface area contributed by atoms with Gasteiger partial charge < -0.3 is 4.74 Å². The maximum Gasteiger partial charge on any atom is 0.159 e. The van der Waals surface area contributed by atoms with Crippen molar-refractivity contribution in [3.05, 3.63) is 70.4 Å². The summed E-state index contributed by atoms with van der Waals surface area (Å²) in [5.74, 6) is 1.35. The molecular weight excluding hydrogens is 458 g/mol. The van der Waals surface area contributed by atoms with E-state index in [4.69, 9.17) is 26.4 Å². The van der Waals surface area contributed by atoms with Gasteiger partial charge in [0.25, 0.3) is 0 Å². The molecule has 0 saturated heterocycles. The molecule has 1 aliphatic carbocycles. The fraction of sp³-hybridized carbons (Fsp3) is 0.414. The number of hydrogen-bond acceptors (Lipinski definition) is 4. The van der Waals surface area contributed by atoms with Gasteiger partial charge in [0.2, 0.25) is 0 Å². The number of hydrogen-bond donors (Lipinski definition) is 0. The molecule has 2 heterocycles. The van der Waals surface area contributed by atoms with Crippen molar-refractivity contribution in [2.45, 2.75) is 58.8 Å². The molecule has 6 heteroatoms. The van der Waals surface area contributed by atoms with E-state index in [-0.39, 0.29) is 28.4 Å². The molecule has 1 aliphatic heterocycles. The minimum Gasteiger partial charge on any atom is -0.497 e. The van der Waals surface area contributed by atoms with E-state index in [1.807, 2.05) is 41.1 Å². The molecule has 5 rings (SSSR count). The maximum atomic E-state index is 13.7. The van der Waals surface area contributed by atoms with E-state index in [0.29, 0.717) is 11.4 Å². The van der Waals surface area contributed by atoms with Gasteiger partial charge in [-0.1, -0.05) is 70.5 Å². The summed E-state index contributed by atoms with van der Waals surface area (Å²) < 4.78 is 7.29. The molecule has 0 bridgehead atoms. The molecule has 1 fully saturated rings. The third-order valence-corrected chi connectivity index (χ3v) is 7.39. The zero-order valence-electron chi connectivity index (χ0n) is 21.2. The Morgan fingerprint density at radius 1 is 1.03 bits per heavy atom. The standard InChI is InChI=1S/C29H32ClN3O2/c1-28(2,3)26-25-23(17-11-13-18(35-6)14-12-17)24-20(15-29(4,5)16-22(24)34)31-27(25)33(32-26)21-10-8-7-9-19(21)30/h7-14,23-24H,15-16H2,1-6H3. The Hall–Kier alpha value is -2.92. The Morgan fingerprint density at radius 2 is 1.71 bits per heavy atom. The summed E-state index contributed by atoms with van der Waals surface area (Å²) in [6, 6.07) is 15.8. The van der Waals surface area contributed by atoms with Gasteiger partial charge in [0.15, 0.2) is 5.82 Å². The van der Waals surface area contributed by atoms with Crippen LogP contribution in [0, 0.1) is 11.3 Å². The van der Waals surface area contributed by atoms with Crippen LogP contribution < -0.4 is 4.74 Å². The molecule has 3 aromatic rings. The molecule has 35 heavy (non-hydrogen) atoms. The zero-order valence-corrected chi connectivity index (χ0v) is 22.0. The summed E-state index contributed by atoms with van der Waals surface area (Å²) in [6.07, 6.45) is 1.32. The summed E-state index contributed by atoms with van der Waals surface area (Å²) >= 11 is 6.64. The lowest BCUT2D eigenvalue weighted by molar-refractivity contribution is -0.124. The number of fused-ring (bicyclic) bond motifs is 2. The zero-order chi connectivity index (χ0) is 25.1. The highest BCUT2D eigenvalue weighted by Crippen LogP contribution is 2.52. The average molecular weight is 490 g/mol. The molecule has 0 radical (unpaired) electrons. The summed E-state index contributed by atoms with van der Waals surface area (Å²) in [7, 11) is 1.66. The maximum absolute atomic E-state index is 13.7. The van der Waals surface area contributed by atoms with Crippen molar-refractivity contribution in [3.8, 4) is 11.4 Å². The molecule has 0 spiro atoms. The number of carbonyl (C=O) groups is 1. The van der Waals surface area contributed by atoms with Crippen LogP contribution in [0.1, 0.15) is 70.2 Å². The monoisotopic (exact) mass is 489 g/mol. The number of para-hydroxylation sites is 1. The van der Waals surface area contributed by atoms with Crippen LogP contribution in [0.15, 0.2) is 53.5 Å². The van der Waals surface area contributed by atoms with Crippen LogP contribution in [0.3, 0.4) is 0 Å². The van der Waals surface area contributed by atoms with Gasteiger partial charge >= 0.3 is 0 Å². The lowest BCUT2D eigenvalue weighted by atomic mass is 9.63. The van der Waals surface area contributed by atoms with Gasteiger partial charge in [-0.2, -0.15) is 5.10 Å². The summed E-state index contributed by atoms with van der Waals surface area (Å²) in [4.78, 5) is 18.9. The highest BCUT2D eigenvalue weighted by atomic mass is 35.5. The second-order valence-corrected chi connectivity index (χ2v) is 11.9. The summed E-state index contributed by atoms with van der Waals surface area (Å²) in [5, 5.41) is 5.72. The van der Waals surface area contributed by atoms with E-state index in [1.54, 1.807) is 7.11 Å². The Kier molecular flexibility index (Phi) is 5.67. The second-order valence-electron chi connectivity index (χ2n) is 11.5. The van der Waals surface area contributed by atoms with Crippen LogP contribution in [-0.2, 0) is 10.2 Å². The second kappa shape index (κ2) is 8.34. The van der Waals surface area contributed by atoms with Crippen molar-refractivity contribution in [1.29, 1.82) is 0 Å². The lowest BCUT2D eigenvalue weighted by Gasteiger charge is -2.41. The van der Waals surface area contributed by atoms with Crippen molar-refractivity contribution in [2.24, 2.45) is 16.3 Å². The predicted octanol–water partition coefficient (Wildman–Crippen LogP) is 7.06. The van der Waals surface area contributed by atoms with Gasteiger partial charge in [-0.3, -0.25) is 4.79 Å². The van der Waals surface area contributed by atoms with E-state index < -0.39 is 0 Å². The van der Waals surface area contributed by atoms with Gasteiger partial charge in [0, 0.05) is 29.0 Å². The van der Waals surface area contributed by atoms with Crippen molar-refractivity contribution < 1.29 is 9.53 Å². The third kappa shape index (κ3) is 4.10. The number of aromatic nitrogens is 2. The van der Waals surface area contributed by atoms with Crippen molar-refractivity contribution in [2.75, 3.05) is 7.11 Å². The SMILES string of the molecule is COc1ccc(C2c3c(C(C)(C)C)nn(-c4ccccc4Cl)c3N=C3CC(C)(C)CC(=O)C32)cc1. The molecule has 0 amide bonds. The molecule has 2 unspecified atom stereocenters. The number of ether oxygens (including phenoxy) is 1. The highest BCUT2D eigenvalue weighted by Gasteiger charge is 2.48. The normalized spacial score (nSPS) is 21.2. The fourth-order valence-corrected chi connectivity index (χ4v) is 5.77. The first kappa shape index (κ1) is 23.8. The number of rotatable bonds is 3. The molecule has 5 nitrogen and oxygen atoms in total. The molecular formula is C29H32ClN3O2.